The van der Waals surface area contributed by atoms with E-state index in [1.165, 1.54) is 13.2 Å². The first-order chi connectivity index (χ1) is 14.4. The first kappa shape index (κ1) is 22.2. The maximum absolute atomic E-state index is 12.8. The lowest BCUT2D eigenvalue weighted by atomic mass is 10.1. The van der Waals surface area contributed by atoms with Crippen LogP contribution < -0.4 is 9.47 Å². The summed E-state index contributed by atoms with van der Waals surface area (Å²) in [6.45, 7) is 1.48. The largest absolute Gasteiger partial charge is 0.493 e. The van der Waals surface area contributed by atoms with Gasteiger partial charge in [-0.25, -0.2) is 0 Å². The van der Waals surface area contributed by atoms with Gasteiger partial charge in [0.05, 0.1) is 25.2 Å². The zero-order chi connectivity index (χ0) is 21.7. The third kappa shape index (κ3) is 4.98. The number of terminal acetylenes is 1. The SMILES string of the molecule is C#CCOc1c(/C=C2/SC(=O)N(CC(=O)N3CCOCC3)C2=O)cc(Br)cc1OC. The summed E-state index contributed by atoms with van der Waals surface area (Å²) in [6, 6.07) is 3.43. The van der Waals surface area contributed by atoms with Gasteiger partial charge in [0.15, 0.2) is 11.5 Å². The number of methoxy groups -OCH3 is 1. The Morgan fingerprint density at radius 1 is 1.37 bits per heavy atom. The molecule has 0 aromatic heterocycles. The highest BCUT2D eigenvalue weighted by molar-refractivity contribution is 9.10. The zero-order valence-electron chi connectivity index (χ0n) is 16.2. The molecule has 2 saturated heterocycles. The van der Waals surface area contributed by atoms with Gasteiger partial charge in [0.2, 0.25) is 5.91 Å². The van der Waals surface area contributed by atoms with E-state index < -0.39 is 11.1 Å². The number of nitrogens with zero attached hydrogens (tertiary/aromatic N) is 2. The van der Waals surface area contributed by atoms with Gasteiger partial charge in [-0.15, -0.1) is 6.42 Å². The quantitative estimate of drug-likeness (QED) is 0.443. The van der Waals surface area contributed by atoms with Gasteiger partial charge in [0, 0.05) is 23.1 Å². The number of halogens is 1. The van der Waals surface area contributed by atoms with Crippen LogP contribution in [0.3, 0.4) is 0 Å². The summed E-state index contributed by atoms with van der Waals surface area (Å²) in [5.41, 5.74) is 0.515. The highest BCUT2D eigenvalue weighted by Crippen LogP contribution is 2.39. The van der Waals surface area contributed by atoms with Gasteiger partial charge in [-0.3, -0.25) is 19.3 Å². The third-order valence-electron chi connectivity index (χ3n) is 4.39. The minimum atomic E-state index is -0.534. The smallest absolute Gasteiger partial charge is 0.294 e. The molecule has 2 aliphatic heterocycles. The minimum Gasteiger partial charge on any atom is -0.493 e. The fourth-order valence-corrected chi connectivity index (χ4v) is 4.23. The molecule has 0 unspecified atom stereocenters. The van der Waals surface area contributed by atoms with Crippen LogP contribution in [0.1, 0.15) is 5.56 Å². The molecule has 3 rings (SSSR count). The molecule has 0 N–H and O–H groups in total. The summed E-state index contributed by atoms with van der Waals surface area (Å²) in [4.78, 5) is 40.4. The van der Waals surface area contributed by atoms with E-state index >= 15 is 0 Å². The summed E-state index contributed by atoms with van der Waals surface area (Å²) >= 11 is 4.15. The molecule has 0 aliphatic carbocycles. The Labute approximate surface area is 186 Å². The minimum absolute atomic E-state index is 0.00830. The maximum atomic E-state index is 12.8. The van der Waals surface area contributed by atoms with Crippen LogP contribution in [0.5, 0.6) is 11.5 Å². The lowest BCUT2D eigenvalue weighted by Crippen LogP contribution is -2.46. The van der Waals surface area contributed by atoms with Gasteiger partial charge in [-0.2, -0.15) is 0 Å². The first-order valence-corrected chi connectivity index (χ1v) is 10.6. The Balaban J connectivity index is 1.84. The fraction of sp³-hybridized carbons (Fsp3) is 0.350. The van der Waals surface area contributed by atoms with Crippen molar-refractivity contribution in [2.75, 3.05) is 46.6 Å². The van der Waals surface area contributed by atoms with E-state index in [1.54, 1.807) is 17.0 Å². The third-order valence-corrected chi connectivity index (χ3v) is 5.75. The van der Waals surface area contributed by atoms with E-state index in [0.29, 0.717) is 47.8 Å². The summed E-state index contributed by atoms with van der Waals surface area (Å²) in [7, 11) is 1.49. The van der Waals surface area contributed by atoms with Crippen LogP contribution in [0.25, 0.3) is 6.08 Å². The number of benzene rings is 1. The Hall–Kier alpha value is -2.48. The highest BCUT2D eigenvalue weighted by atomic mass is 79.9. The molecule has 0 atom stereocenters. The topological polar surface area (TPSA) is 85.4 Å². The van der Waals surface area contributed by atoms with Gasteiger partial charge >= 0.3 is 0 Å². The van der Waals surface area contributed by atoms with E-state index in [1.807, 2.05) is 0 Å². The lowest BCUT2D eigenvalue weighted by Gasteiger charge is -2.28. The number of carbonyl (C=O) groups is 3. The van der Waals surface area contributed by atoms with Crippen molar-refractivity contribution in [2.24, 2.45) is 0 Å². The molecule has 3 amide bonds. The molecule has 158 valence electrons. The van der Waals surface area contributed by atoms with E-state index in [2.05, 4.69) is 21.9 Å². The van der Waals surface area contributed by atoms with Crippen molar-refractivity contribution in [3.8, 4) is 23.8 Å². The Bertz CT molecular complexity index is 936. The van der Waals surface area contributed by atoms with Gasteiger partial charge in [-0.1, -0.05) is 21.9 Å². The normalized spacial score (nSPS) is 18.0. The van der Waals surface area contributed by atoms with Gasteiger partial charge < -0.3 is 19.1 Å². The van der Waals surface area contributed by atoms with Crippen LogP contribution in [0, 0.1) is 12.3 Å². The number of imide groups is 1. The Morgan fingerprint density at radius 2 is 2.10 bits per heavy atom. The van der Waals surface area contributed by atoms with Crippen molar-refractivity contribution in [2.45, 2.75) is 0 Å². The van der Waals surface area contributed by atoms with Crippen molar-refractivity contribution in [1.82, 2.24) is 9.80 Å². The summed E-state index contributed by atoms with van der Waals surface area (Å²) in [5, 5.41) is -0.499. The molecule has 0 saturated carbocycles. The number of carbonyl (C=O) groups excluding carboxylic acids is 3. The average Bonchev–Trinajstić information content (AvgIpc) is 3.00. The van der Waals surface area contributed by atoms with Crippen LogP contribution in [0.15, 0.2) is 21.5 Å². The molecular formula is C20H19BrN2O6S. The van der Waals surface area contributed by atoms with E-state index in [0.717, 1.165) is 16.7 Å². The molecule has 2 fully saturated rings. The van der Waals surface area contributed by atoms with Crippen molar-refractivity contribution >= 4 is 50.8 Å². The van der Waals surface area contributed by atoms with Crippen LogP contribution >= 0.6 is 27.7 Å². The summed E-state index contributed by atoms with van der Waals surface area (Å²) in [6.07, 6.45) is 6.81. The number of hydrogen-bond acceptors (Lipinski definition) is 7. The molecule has 1 aromatic rings. The standard InChI is InChI=1S/C20H19BrN2O6S/c1-3-6-29-18-13(9-14(21)11-15(18)27-2)10-16-19(25)23(20(26)30-16)12-17(24)22-4-7-28-8-5-22/h1,9-11H,4-8,12H2,2H3/b16-10+. The average molecular weight is 495 g/mol. The van der Waals surface area contributed by atoms with E-state index in [9.17, 15) is 14.4 Å². The monoisotopic (exact) mass is 494 g/mol. The van der Waals surface area contributed by atoms with Crippen molar-refractivity contribution in [3.63, 3.8) is 0 Å². The molecule has 30 heavy (non-hydrogen) atoms. The van der Waals surface area contributed by atoms with Crippen LogP contribution in [0.4, 0.5) is 4.79 Å². The Kier molecular flexibility index (Phi) is 7.42. The number of amides is 3. The van der Waals surface area contributed by atoms with Crippen LogP contribution in [-0.2, 0) is 14.3 Å². The van der Waals surface area contributed by atoms with Crippen molar-refractivity contribution in [3.05, 3.63) is 27.1 Å². The van der Waals surface area contributed by atoms with Crippen LogP contribution in [-0.4, -0.2) is 73.4 Å². The molecule has 0 bridgehead atoms. The number of rotatable bonds is 6. The van der Waals surface area contributed by atoms with Crippen molar-refractivity contribution < 1.29 is 28.6 Å². The summed E-state index contributed by atoms with van der Waals surface area (Å²) < 4.78 is 16.8. The molecular weight excluding hydrogens is 476 g/mol. The summed E-state index contributed by atoms with van der Waals surface area (Å²) in [5.74, 6) is 2.34. The Morgan fingerprint density at radius 3 is 2.77 bits per heavy atom. The van der Waals surface area contributed by atoms with Gasteiger partial charge in [-0.05, 0) is 30.0 Å². The van der Waals surface area contributed by atoms with Crippen molar-refractivity contribution in [1.29, 1.82) is 0 Å². The number of hydrogen-bond donors (Lipinski definition) is 0. The fourth-order valence-electron chi connectivity index (χ4n) is 2.94. The first-order valence-electron chi connectivity index (χ1n) is 8.99. The second-order valence-electron chi connectivity index (χ2n) is 6.28. The molecule has 0 radical (unpaired) electrons. The lowest BCUT2D eigenvalue weighted by molar-refractivity contribution is -0.139. The number of ether oxygens (including phenoxy) is 3. The molecule has 0 spiro atoms. The second kappa shape index (κ2) is 10.0. The highest BCUT2D eigenvalue weighted by Gasteiger charge is 2.37. The molecule has 2 heterocycles. The van der Waals surface area contributed by atoms with E-state index in [4.69, 9.17) is 20.6 Å². The van der Waals surface area contributed by atoms with E-state index in [-0.39, 0.29) is 24.0 Å². The molecule has 8 nitrogen and oxygen atoms in total. The predicted molar refractivity (Wildman–Crippen MR) is 115 cm³/mol. The van der Waals surface area contributed by atoms with Gasteiger partial charge in [0.25, 0.3) is 11.1 Å². The predicted octanol–water partition coefficient (Wildman–Crippen LogP) is 2.36. The zero-order valence-corrected chi connectivity index (χ0v) is 18.6. The maximum Gasteiger partial charge on any atom is 0.294 e. The van der Waals surface area contributed by atoms with Crippen LogP contribution in [0.2, 0.25) is 0 Å². The molecule has 1 aromatic carbocycles. The second-order valence-corrected chi connectivity index (χ2v) is 8.19. The van der Waals surface area contributed by atoms with Gasteiger partial charge in [0.1, 0.15) is 13.2 Å². The molecule has 2 aliphatic rings. The number of thioether (sulfide) groups is 1. The molecule has 10 heteroatoms. The number of morpholine rings is 1.